The van der Waals surface area contributed by atoms with Gasteiger partial charge >= 0.3 is 0 Å². The van der Waals surface area contributed by atoms with E-state index in [1.54, 1.807) is 19.5 Å². The summed E-state index contributed by atoms with van der Waals surface area (Å²) in [5.41, 5.74) is 11.6. The lowest BCUT2D eigenvalue weighted by Crippen LogP contribution is -2.28. The van der Waals surface area contributed by atoms with Crippen molar-refractivity contribution < 1.29 is 9.13 Å². The van der Waals surface area contributed by atoms with Gasteiger partial charge in [-0.2, -0.15) is 0 Å². The lowest BCUT2D eigenvalue weighted by atomic mass is 10.0. The Kier molecular flexibility index (Phi) is 6.17. The van der Waals surface area contributed by atoms with Crippen molar-refractivity contribution in [1.82, 2.24) is 25.4 Å². The van der Waals surface area contributed by atoms with Crippen LogP contribution in [0.1, 0.15) is 30.6 Å². The fraction of sp³-hybridized carbons (Fsp3) is 0.308. The molecule has 2 aromatic heterocycles. The molecule has 0 spiro atoms. The van der Waals surface area contributed by atoms with E-state index in [4.69, 9.17) is 4.74 Å². The van der Waals surface area contributed by atoms with E-state index in [0.29, 0.717) is 30.9 Å². The number of ether oxygens (including phenoxy) is 1. The maximum absolute atomic E-state index is 14.1. The predicted molar refractivity (Wildman–Crippen MR) is 132 cm³/mol. The van der Waals surface area contributed by atoms with Crippen LogP contribution < -0.4 is 20.9 Å². The lowest BCUT2D eigenvalue weighted by molar-refractivity contribution is 0.416. The predicted octanol–water partition coefficient (Wildman–Crippen LogP) is 4.59. The molecule has 0 aliphatic carbocycles. The van der Waals surface area contributed by atoms with Crippen molar-refractivity contribution in [1.29, 1.82) is 0 Å². The number of fused-ring (bicyclic) bond motifs is 1. The van der Waals surface area contributed by atoms with Gasteiger partial charge in [-0.3, -0.25) is 10.9 Å². The Bertz CT molecular complexity index is 1300. The summed E-state index contributed by atoms with van der Waals surface area (Å²) in [4.78, 5) is 8.82. The highest BCUT2D eigenvalue weighted by Gasteiger charge is 2.21. The Hall–Kier alpha value is -3.49. The molecule has 3 N–H and O–H groups in total. The number of methoxy groups -OCH3 is 1. The summed E-state index contributed by atoms with van der Waals surface area (Å²) in [6, 6.07) is 16.2. The highest BCUT2D eigenvalue weighted by atomic mass is 19.1. The quantitative estimate of drug-likeness (QED) is 0.374. The molecule has 1 fully saturated rings. The van der Waals surface area contributed by atoms with Crippen molar-refractivity contribution in [3.63, 3.8) is 0 Å². The third-order valence-electron chi connectivity index (χ3n) is 6.39. The minimum absolute atomic E-state index is 0.308. The number of benzene rings is 2. The maximum atomic E-state index is 14.1. The zero-order chi connectivity index (χ0) is 23.7. The second-order valence-corrected chi connectivity index (χ2v) is 8.79. The van der Waals surface area contributed by atoms with Crippen LogP contribution in [0.3, 0.4) is 0 Å². The summed E-state index contributed by atoms with van der Waals surface area (Å²) in [6.45, 7) is 5.49. The first-order chi connectivity index (χ1) is 16.5. The average molecular weight is 461 g/mol. The number of aryl methyl sites for hydroxylation is 1. The summed E-state index contributed by atoms with van der Waals surface area (Å²) in [7, 11) is 1.56. The molecule has 0 saturated carbocycles. The Morgan fingerprint density at radius 3 is 2.68 bits per heavy atom. The van der Waals surface area contributed by atoms with Gasteiger partial charge in [-0.05, 0) is 38.0 Å². The largest absolute Gasteiger partial charge is 0.496 e. The monoisotopic (exact) mass is 460 g/mol. The van der Waals surface area contributed by atoms with Crippen LogP contribution in [-0.2, 0) is 6.54 Å². The SMILES string of the molecule is COc1cc(F)cc2c1cc(C)n2CCNc1cc(-c2ccc(C3CC(C)NN3)cc2)ncn1. The van der Waals surface area contributed by atoms with Gasteiger partial charge in [-0.15, -0.1) is 0 Å². The molecule has 1 aliphatic rings. The smallest absolute Gasteiger partial charge is 0.131 e. The average Bonchev–Trinajstić information content (AvgIpc) is 3.42. The van der Waals surface area contributed by atoms with E-state index in [1.807, 2.05) is 19.1 Å². The van der Waals surface area contributed by atoms with Crippen LogP contribution in [0, 0.1) is 12.7 Å². The number of anilines is 1. The van der Waals surface area contributed by atoms with E-state index in [1.165, 1.54) is 11.6 Å². The number of nitrogens with zero attached hydrogens (tertiary/aromatic N) is 3. The number of aromatic nitrogens is 3. The molecule has 3 heterocycles. The standard InChI is InChI=1S/C26H29FN6O/c1-16-10-23(32-31-16)19-6-4-18(5-7-19)22-14-26(30-15-29-22)28-8-9-33-17(2)11-21-24(33)12-20(27)13-25(21)34-3/h4-7,11-16,23,31-32H,8-10H2,1-3H3,(H,28,29,30). The van der Waals surface area contributed by atoms with Crippen molar-refractivity contribution in [3.05, 3.63) is 71.9 Å². The van der Waals surface area contributed by atoms with Gasteiger partial charge < -0.3 is 14.6 Å². The number of hydrazine groups is 1. The third kappa shape index (κ3) is 4.47. The van der Waals surface area contributed by atoms with Crippen molar-refractivity contribution in [2.45, 2.75) is 38.9 Å². The van der Waals surface area contributed by atoms with Gasteiger partial charge in [0, 0.05) is 53.9 Å². The molecule has 2 atom stereocenters. The Balaban J connectivity index is 1.27. The van der Waals surface area contributed by atoms with Crippen LogP contribution in [0.5, 0.6) is 5.75 Å². The third-order valence-corrected chi connectivity index (χ3v) is 6.39. The number of hydrogen-bond donors (Lipinski definition) is 3. The summed E-state index contributed by atoms with van der Waals surface area (Å²) in [5.74, 6) is 0.991. The highest BCUT2D eigenvalue weighted by Crippen LogP contribution is 2.30. The van der Waals surface area contributed by atoms with Crippen LogP contribution in [0.15, 0.2) is 54.9 Å². The molecule has 0 bridgehead atoms. The minimum Gasteiger partial charge on any atom is -0.496 e. The van der Waals surface area contributed by atoms with Crippen molar-refractivity contribution in [2.75, 3.05) is 19.0 Å². The molecule has 8 heteroatoms. The van der Waals surface area contributed by atoms with E-state index in [0.717, 1.165) is 40.1 Å². The molecule has 7 nitrogen and oxygen atoms in total. The minimum atomic E-state index is -0.308. The first kappa shape index (κ1) is 22.3. The fourth-order valence-corrected chi connectivity index (χ4v) is 4.62. The lowest BCUT2D eigenvalue weighted by Gasteiger charge is -2.12. The van der Waals surface area contributed by atoms with Gasteiger partial charge in [0.1, 0.15) is 23.7 Å². The number of hydrogen-bond acceptors (Lipinski definition) is 6. The first-order valence-electron chi connectivity index (χ1n) is 11.5. The second-order valence-electron chi connectivity index (χ2n) is 8.79. The van der Waals surface area contributed by atoms with Crippen LogP contribution in [0.25, 0.3) is 22.2 Å². The van der Waals surface area contributed by atoms with Crippen molar-refractivity contribution in [2.24, 2.45) is 0 Å². The molecular formula is C26H29FN6O. The Labute approximate surface area is 198 Å². The van der Waals surface area contributed by atoms with Crippen molar-refractivity contribution >= 4 is 16.7 Å². The normalized spacial score (nSPS) is 17.9. The summed E-state index contributed by atoms with van der Waals surface area (Å²) in [6.07, 6.45) is 2.64. The first-order valence-corrected chi connectivity index (χ1v) is 11.5. The zero-order valence-electron chi connectivity index (χ0n) is 19.6. The van der Waals surface area contributed by atoms with Gasteiger partial charge in [0.25, 0.3) is 0 Å². The zero-order valence-corrected chi connectivity index (χ0v) is 19.6. The van der Waals surface area contributed by atoms with Gasteiger partial charge in [0.2, 0.25) is 0 Å². The van der Waals surface area contributed by atoms with Crippen molar-refractivity contribution in [3.8, 4) is 17.0 Å². The van der Waals surface area contributed by atoms with E-state index < -0.39 is 0 Å². The molecule has 2 aromatic carbocycles. The van der Waals surface area contributed by atoms with E-state index >= 15 is 0 Å². The summed E-state index contributed by atoms with van der Waals surface area (Å²) in [5, 5.41) is 4.28. The molecule has 0 radical (unpaired) electrons. The number of halogens is 1. The molecule has 5 rings (SSSR count). The van der Waals surface area contributed by atoms with Gasteiger partial charge in [0.15, 0.2) is 0 Å². The molecule has 1 saturated heterocycles. The highest BCUT2D eigenvalue weighted by molar-refractivity contribution is 5.87. The maximum Gasteiger partial charge on any atom is 0.131 e. The molecule has 34 heavy (non-hydrogen) atoms. The number of rotatable bonds is 7. The fourth-order valence-electron chi connectivity index (χ4n) is 4.62. The Morgan fingerprint density at radius 2 is 1.94 bits per heavy atom. The molecule has 4 aromatic rings. The molecular weight excluding hydrogens is 431 g/mol. The molecule has 0 amide bonds. The molecule has 2 unspecified atom stereocenters. The van der Waals surface area contributed by atoms with Crippen LogP contribution in [-0.4, -0.2) is 34.2 Å². The topological polar surface area (TPSA) is 76.0 Å². The van der Waals surface area contributed by atoms with E-state index in [2.05, 4.69) is 61.9 Å². The molecule has 176 valence electrons. The summed E-state index contributed by atoms with van der Waals surface area (Å²) >= 11 is 0. The number of nitrogens with one attached hydrogen (secondary N) is 3. The van der Waals surface area contributed by atoms with Crippen LogP contribution in [0.4, 0.5) is 10.2 Å². The van der Waals surface area contributed by atoms with Crippen LogP contribution in [0.2, 0.25) is 0 Å². The van der Waals surface area contributed by atoms with E-state index in [-0.39, 0.29) is 5.82 Å². The van der Waals surface area contributed by atoms with Gasteiger partial charge in [0.05, 0.1) is 18.3 Å². The van der Waals surface area contributed by atoms with Crippen LogP contribution >= 0.6 is 0 Å². The Morgan fingerprint density at radius 1 is 1.12 bits per heavy atom. The van der Waals surface area contributed by atoms with E-state index in [9.17, 15) is 4.39 Å². The second kappa shape index (κ2) is 9.40. The summed E-state index contributed by atoms with van der Waals surface area (Å²) < 4.78 is 21.5. The van der Waals surface area contributed by atoms with Gasteiger partial charge in [-0.1, -0.05) is 24.3 Å². The molecule has 1 aliphatic heterocycles. The van der Waals surface area contributed by atoms with Gasteiger partial charge in [-0.25, -0.2) is 14.4 Å².